The molecule has 0 aliphatic carbocycles. The minimum absolute atomic E-state index is 0.144. The van der Waals surface area contributed by atoms with Crippen LogP contribution >= 0.6 is 11.3 Å². The molecular formula is C23H21N3O3S. The van der Waals surface area contributed by atoms with Crippen LogP contribution in [0, 0.1) is 0 Å². The predicted molar refractivity (Wildman–Crippen MR) is 120 cm³/mol. The molecule has 0 atom stereocenters. The largest absolute Gasteiger partial charge is 0.477 e. The van der Waals surface area contributed by atoms with Crippen LogP contribution in [0.15, 0.2) is 53.3 Å². The number of rotatable bonds is 3. The van der Waals surface area contributed by atoms with Crippen LogP contribution in [0.4, 0.5) is 5.69 Å². The molecule has 5 rings (SSSR count). The Morgan fingerprint density at radius 2 is 1.80 bits per heavy atom. The van der Waals surface area contributed by atoms with Crippen LogP contribution in [0.25, 0.3) is 21.1 Å². The first kappa shape index (κ1) is 18.8. The van der Waals surface area contributed by atoms with Crippen molar-refractivity contribution in [1.29, 1.82) is 0 Å². The number of nitrogens with zero attached hydrogens (tertiary/aromatic N) is 3. The third-order valence-electron chi connectivity index (χ3n) is 5.96. The Bertz CT molecular complexity index is 1300. The normalized spacial score (nSPS) is 15.2. The van der Waals surface area contributed by atoms with Crippen LogP contribution in [-0.2, 0) is 7.05 Å². The van der Waals surface area contributed by atoms with E-state index in [1.807, 2.05) is 42.5 Å². The van der Waals surface area contributed by atoms with Gasteiger partial charge in [-0.2, -0.15) is 0 Å². The fourth-order valence-electron chi connectivity index (χ4n) is 4.42. The van der Waals surface area contributed by atoms with Gasteiger partial charge in [-0.15, -0.1) is 11.3 Å². The fourth-order valence-corrected chi connectivity index (χ4v) is 5.55. The summed E-state index contributed by atoms with van der Waals surface area (Å²) in [5.41, 5.74) is 1.71. The number of carboxylic acid groups (broad SMARTS) is 1. The minimum atomic E-state index is -1.18. The van der Waals surface area contributed by atoms with E-state index in [9.17, 15) is 14.7 Å². The average molecular weight is 420 g/mol. The first-order valence-electron chi connectivity index (χ1n) is 10.00. The molecule has 0 radical (unpaired) electrons. The van der Waals surface area contributed by atoms with Crippen molar-refractivity contribution in [2.45, 2.75) is 18.8 Å². The highest BCUT2D eigenvalue weighted by Gasteiger charge is 2.29. The maximum atomic E-state index is 12.8. The second-order valence-corrected chi connectivity index (χ2v) is 8.75. The third-order valence-corrected chi connectivity index (χ3v) is 7.16. The summed E-state index contributed by atoms with van der Waals surface area (Å²) in [7, 11) is 1.63. The Balaban J connectivity index is 1.51. The van der Waals surface area contributed by atoms with Gasteiger partial charge in [0, 0.05) is 31.4 Å². The molecule has 3 heterocycles. The van der Waals surface area contributed by atoms with Gasteiger partial charge in [0.05, 0.1) is 26.4 Å². The molecule has 1 aliphatic rings. The van der Waals surface area contributed by atoms with E-state index in [0.717, 1.165) is 34.3 Å². The monoisotopic (exact) mass is 419 g/mol. The molecule has 7 heteroatoms. The van der Waals surface area contributed by atoms with Crippen molar-refractivity contribution in [2.75, 3.05) is 18.0 Å². The zero-order chi connectivity index (χ0) is 20.8. The molecule has 2 aromatic carbocycles. The highest BCUT2D eigenvalue weighted by Crippen LogP contribution is 2.37. The Morgan fingerprint density at radius 3 is 2.53 bits per heavy atom. The number of hydrogen-bond acceptors (Lipinski definition) is 5. The molecule has 0 amide bonds. The number of carbonyl (C=O) groups is 1. The smallest absolute Gasteiger partial charge is 0.343 e. The average Bonchev–Trinajstić information content (AvgIpc) is 3.20. The molecule has 1 N–H and O–H groups in total. The number of aryl methyl sites for hydroxylation is 1. The number of anilines is 1. The Labute approximate surface area is 177 Å². The quantitative estimate of drug-likeness (QED) is 0.538. The van der Waals surface area contributed by atoms with E-state index in [0.29, 0.717) is 24.7 Å². The second kappa shape index (κ2) is 7.25. The maximum Gasteiger partial charge on any atom is 0.343 e. The van der Waals surface area contributed by atoms with Gasteiger partial charge in [0.2, 0.25) is 0 Å². The number of carboxylic acids is 1. The zero-order valence-electron chi connectivity index (χ0n) is 16.5. The first-order chi connectivity index (χ1) is 14.5. The summed E-state index contributed by atoms with van der Waals surface area (Å²) in [5.74, 6) is -0.825. The summed E-state index contributed by atoms with van der Waals surface area (Å²) in [4.78, 5) is 31.7. The van der Waals surface area contributed by atoms with Crippen molar-refractivity contribution in [3.8, 4) is 0 Å². The third kappa shape index (κ3) is 2.97. The Kier molecular flexibility index (Phi) is 4.55. The Morgan fingerprint density at radius 1 is 1.10 bits per heavy atom. The van der Waals surface area contributed by atoms with Crippen molar-refractivity contribution in [1.82, 2.24) is 9.55 Å². The molecule has 152 valence electrons. The van der Waals surface area contributed by atoms with Gasteiger partial charge in [0.1, 0.15) is 5.56 Å². The van der Waals surface area contributed by atoms with Gasteiger partial charge in [-0.25, -0.2) is 9.78 Å². The molecule has 0 unspecified atom stereocenters. The van der Waals surface area contributed by atoms with Gasteiger partial charge >= 0.3 is 5.97 Å². The topological polar surface area (TPSA) is 75.4 Å². The first-order valence-corrected chi connectivity index (χ1v) is 10.8. The summed E-state index contributed by atoms with van der Waals surface area (Å²) in [6.07, 6.45) is 1.75. The summed E-state index contributed by atoms with van der Waals surface area (Å²) in [6, 6.07) is 15.7. The zero-order valence-corrected chi connectivity index (χ0v) is 17.4. The molecule has 2 aromatic heterocycles. The number of thiazole rings is 1. The molecule has 4 aromatic rings. The minimum Gasteiger partial charge on any atom is -0.477 e. The molecule has 1 aliphatic heterocycles. The van der Waals surface area contributed by atoms with Crippen molar-refractivity contribution >= 4 is 44.1 Å². The van der Waals surface area contributed by atoms with Crippen molar-refractivity contribution in [3.05, 3.63) is 69.5 Å². The Hall–Kier alpha value is -3.19. The molecule has 30 heavy (non-hydrogen) atoms. The van der Waals surface area contributed by atoms with E-state index >= 15 is 0 Å². The van der Waals surface area contributed by atoms with Crippen LogP contribution in [0.5, 0.6) is 0 Å². The van der Waals surface area contributed by atoms with E-state index in [-0.39, 0.29) is 5.56 Å². The lowest BCUT2D eigenvalue weighted by Crippen LogP contribution is -2.37. The number of para-hydroxylation sites is 2. The van der Waals surface area contributed by atoms with Gasteiger partial charge in [-0.1, -0.05) is 30.3 Å². The van der Waals surface area contributed by atoms with Crippen LogP contribution < -0.4 is 10.5 Å². The molecule has 1 fully saturated rings. The highest BCUT2D eigenvalue weighted by molar-refractivity contribution is 7.18. The number of hydrogen-bond donors (Lipinski definition) is 1. The molecule has 0 bridgehead atoms. The van der Waals surface area contributed by atoms with Gasteiger partial charge in [-0.05, 0) is 31.0 Å². The standard InChI is InChI=1S/C23H21N3O3S/c1-25-17-8-4-2-6-15(17)20(19(22(25)27)23(28)29)26-12-10-14(11-13-26)21-24-16-7-3-5-9-18(16)30-21/h2-9,14H,10-13H2,1H3,(H,28,29). The van der Waals surface area contributed by atoms with Gasteiger partial charge in [0.15, 0.2) is 0 Å². The summed E-state index contributed by atoms with van der Waals surface area (Å²) in [6.45, 7) is 1.38. The summed E-state index contributed by atoms with van der Waals surface area (Å²) < 4.78 is 2.62. The summed E-state index contributed by atoms with van der Waals surface area (Å²) in [5, 5.41) is 11.8. The van der Waals surface area contributed by atoms with Gasteiger partial charge in [0.25, 0.3) is 5.56 Å². The van der Waals surface area contributed by atoms with E-state index in [2.05, 4.69) is 11.0 Å². The van der Waals surface area contributed by atoms with Crippen LogP contribution in [0.2, 0.25) is 0 Å². The predicted octanol–water partition coefficient (Wildman–Crippen LogP) is 4.23. The number of benzene rings is 2. The van der Waals surface area contributed by atoms with Crippen molar-refractivity contribution in [3.63, 3.8) is 0 Å². The van der Waals surface area contributed by atoms with Crippen molar-refractivity contribution in [2.24, 2.45) is 7.05 Å². The molecule has 0 saturated carbocycles. The van der Waals surface area contributed by atoms with Gasteiger partial charge < -0.3 is 14.6 Å². The molecule has 0 spiro atoms. The molecule has 1 saturated heterocycles. The molecular weight excluding hydrogens is 398 g/mol. The summed E-state index contributed by atoms with van der Waals surface area (Å²) >= 11 is 1.74. The second-order valence-electron chi connectivity index (χ2n) is 7.69. The van der Waals surface area contributed by atoms with Crippen molar-refractivity contribution < 1.29 is 9.90 Å². The van der Waals surface area contributed by atoms with Crippen LogP contribution in [0.1, 0.15) is 34.1 Å². The van der Waals surface area contributed by atoms with E-state index < -0.39 is 11.5 Å². The van der Waals surface area contributed by atoms with Crippen LogP contribution in [0.3, 0.4) is 0 Å². The van der Waals surface area contributed by atoms with E-state index in [4.69, 9.17) is 4.98 Å². The fraction of sp³-hybridized carbons (Fsp3) is 0.261. The van der Waals surface area contributed by atoms with Gasteiger partial charge in [-0.3, -0.25) is 4.79 Å². The highest BCUT2D eigenvalue weighted by atomic mass is 32.1. The lowest BCUT2D eigenvalue weighted by Gasteiger charge is -2.34. The molecule has 6 nitrogen and oxygen atoms in total. The maximum absolute atomic E-state index is 12.8. The number of pyridine rings is 1. The SMILES string of the molecule is Cn1c(=O)c(C(=O)O)c(N2CCC(c3nc4ccccc4s3)CC2)c2ccccc21. The van der Waals surface area contributed by atoms with E-state index in [1.165, 1.54) is 9.27 Å². The number of piperidine rings is 1. The number of fused-ring (bicyclic) bond motifs is 2. The lowest BCUT2D eigenvalue weighted by atomic mass is 9.95. The number of aromatic carboxylic acids is 1. The van der Waals surface area contributed by atoms with Crippen LogP contribution in [-0.4, -0.2) is 33.7 Å². The lowest BCUT2D eigenvalue weighted by molar-refractivity contribution is 0.0695. The number of aromatic nitrogens is 2. The van der Waals surface area contributed by atoms with E-state index in [1.54, 1.807) is 18.4 Å².